The normalized spacial score (nSPS) is 11.7. The quantitative estimate of drug-likeness (QED) is 0.291. The van der Waals surface area contributed by atoms with Crippen LogP contribution in [0.4, 0.5) is 5.69 Å². The van der Waals surface area contributed by atoms with Crippen molar-refractivity contribution in [2.75, 3.05) is 11.9 Å². The van der Waals surface area contributed by atoms with Crippen LogP contribution in [0.1, 0.15) is 17.5 Å². The van der Waals surface area contributed by atoms with Gasteiger partial charge in [-0.3, -0.25) is 4.79 Å². The lowest BCUT2D eigenvalue weighted by Crippen LogP contribution is -2.27. The highest BCUT2D eigenvalue weighted by molar-refractivity contribution is 6.30. The number of anilines is 1. The summed E-state index contributed by atoms with van der Waals surface area (Å²) in [5, 5.41) is 0.738. The number of aromatic nitrogens is 2. The number of imidazole rings is 1. The minimum atomic E-state index is -0.0341. The smallest absolute Gasteiger partial charge is 0.231 e. The number of amides is 1. The molecule has 3 aromatic carbocycles. The van der Waals surface area contributed by atoms with Crippen LogP contribution in [0.15, 0.2) is 97.6 Å². The lowest BCUT2D eigenvalue weighted by molar-refractivity contribution is -0.117. The molecule has 0 aliphatic carbocycles. The molecule has 4 rings (SSSR count). The fourth-order valence-corrected chi connectivity index (χ4v) is 3.90. The molecule has 34 heavy (non-hydrogen) atoms. The standard InChI is InChI=1S/C28H28ClN3O2/c1-31(28(33)19-23-5-3-2-4-6-23)25-12-15-26(16-13-25)34-27(20-32-18-17-30-21-32)14-9-22-7-10-24(29)11-8-22/h2-8,10-13,15-18,21,27H,9,14,19-20H2,1H3. The largest absolute Gasteiger partial charge is 0.489 e. The summed E-state index contributed by atoms with van der Waals surface area (Å²) in [6.07, 6.45) is 7.57. The molecule has 0 N–H and O–H groups in total. The lowest BCUT2D eigenvalue weighted by Gasteiger charge is -2.21. The van der Waals surface area contributed by atoms with E-state index in [9.17, 15) is 4.79 Å². The second-order valence-corrected chi connectivity index (χ2v) is 8.71. The number of hydrogen-bond donors (Lipinski definition) is 0. The predicted octanol–water partition coefficient (Wildman–Crippen LogP) is 5.82. The van der Waals surface area contributed by atoms with E-state index in [4.69, 9.17) is 16.3 Å². The monoisotopic (exact) mass is 473 g/mol. The molecule has 0 aliphatic rings. The SMILES string of the molecule is CN(C(=O)Cc1ccccc1)c1ccc(OC(CCc2ccc(Cl)cc2)Cn2ccnc2)cc1. The predicted molar refractivity (Wildman–Crippen MR) is 136 cm³/mol. The molecule has 1 atom stereocenters. The van der Waals surface area contributed by atoms with Crippen LogP contribution >= 0.6 is 11.6 Å². The van der Waals surface area contributed by atoms with Crippen molar-refractivity contribution in [2.45, 2.75) is 31.9 Å². The number of hydrogen-bond acceptors (Lipinski definition) is 3. The highest BCUT2D eigenvalue weighted by Crippen LogP contribution is 2.22. The van der Waals surface area contributed by atoms with Gasteiger partial charge in [-0.05, 0) is 60.4 Å². The number of carbonyl (C=O) groups excluding carboxylic acids is 1. The zero-order valence-corrected chi connectivity index (χ0v) is 19.9. The molecule has 0 radical (unpaired) electrons. The van der Waals surface area contributed by atoms with E-state index in [0.29, 0.717) is 13.0 Å². The second kappa shape index (κ2) is 11.5. The fourth-order valence-electron chi connectivity index (χ4n) is 3.77. The number of likely N-dealkylation sites (N-methyl/N-ethyl adjacent to an activating group) is 1. The van der Waals surface area contributed by atoms with Crippen molar-refractivity contribution in [3.05, 3.63) is 114 Å². The van der Waals surface area contributed by atoms with Gasteiger partial charge < -0.3 is 14.2 Å². The molecule has 0 spiro atoms. The Labute approximate surface area is 205 Å². The maximum Gasteiger partial charge on any atom is 0.231 e. The first-order chi connectivity index (χ1) is 16.6. The summed E-state index contributed by atoms with van der Waals surface area (Å²) in [4.78, 5) is 18.5. The number of benzene rings is 3. The molecule has 174 valence electrons. The van der Waals surface area contributed by atoms with Gasteiger partial charge in [-0.2, -0.15) is 0 Å². The third-order valence-electron chi connectivity index (χ3n) is 5.74. The van der Waals surface area contributed by atoms with E-state index in [1.165, 1.54) is 5.56 Å². The minimum absolute atomic E-state index is 0.0341. The average molecular weight is 474 g/mol. The van der Waals surface area contributed by atoms with Crippen LogP contribution in [0.2, 0.25) is 5.02 Å². The van der Waals surface area contributed by atoms with Crippen molar-refractivity contribution in [1.29, 1.82) is 0 Å². The van der Waals surface area contributed by atoms with Crippen LogP contribution in [0.25, 0.3) is 0 Å². The zero-order chi connectivity index (χ0) is 23.8. The van der Waals surface area contributed by atoms with Crippen molar-refractivity contribution >= 4 is 23.2 Å². The van der Waals surface area contributed by atoms with Gasteiger partial charge in [-0.15, -0.1) is 0 Å². The fraction of sp³-hybridized carbons (Fsp3) is 0.214. The topological polar surface area (TPSA) is 47.4 Å². The van der Waals surface area contributed by atoms with Crippen molar-refractivity contribution in [2.24, 2.45) is 0 Å². The summed E-state index contributed by atoms with van der Waals surface area (Å²) in [7, 11) is 1.80. The Morgan fingerprint density at radius 2 is 1.74 bits per heavy atom. The summed E-state index contributed by atoms with van der Waals surface area (Å²) in [5.41, 5.74) is 3.06. The molecular weight excluding hydrogens is 446 g/mol. The van der Waals surface area contributed by atoms with E-state index in [1.807, 2.05) is 89.6 Å². The molecule has 0 saturated carbocycles. The summed E-state index contributed by atoms with van der Waals surface area (Å²) < 4.78 is 8.37. The molecule has 1 unspecified atom stereocenters. The van der Waals surface area contributed by atoms with Gasteiger partial charge in [0.1, 0.15) is 11.9 Å². The zero-order valence-electron chi connectivity index (χ0n) is 19.2. The Kier molecular flexibility index (Phi) is 7.99. The molecule has 0 fully saturated rings. The van der Waals surface area contributed by atoms with Crippen molar-refractivity contribution in [3.8, 4) is 5.75 Å². The number of carbonyl (C=O) groups is 1. The van der Waals surface area contributed by atoms with Gasteiger partial charge in [0.05, 0.1) is 19.3 Å². The molecular formula is C28H28ClN3O2. The Balaban J connectivity index is 1.39. The summed E-state index contributed by atoms with van der Waals surface area (Å²) >= 11 is 6.01. The molecule has 0 bridgehead atoms. The van der Waals surface area contributed by atoms with Gasteiger partial charge in [0.25, 0.3) is 0 Å². The number of rotatable bonds is 10. The van der Waals surface area contributed by atoms with Crippen LogP contribution in [-0.4, -0.2) is 28.6 Å². The molecule has 0 aliphatic heterocycles. The summed E-state index contributed by atoms with van der Waals surface area (Å²) in [6, 6.07) is 25.4. The van der Waals surface area contributed by atoms with Crippen LogP contribution in [0, 0.1) is 0 Å². The third-order valence-corrected chi connectivity index (χ3v) is 5.99. The van der Waals surface area contributed by atoms with E-state index in [2.05, 4.69) is 4.98 Å². The molecule has 1 amide bonds. The first-order valence-corrected chi connectivity index (χ1v) is 11.7. The highest BCUT2D eigenvalue weighted by Gasteiger charge is 2.15. The molecule has 1 heterocycles. The molecule has 1 aromatic heterocycles. The maximum atomic E-state index is 12.7. The third kappa shape index (κ3) is 6.72. The van der Waals surface area contributed by atoms with Crippen molar-refractivity contribution < 1.29 is 9.53 Å². The van der Waals surface area contributed by atoms with Gasteiger partial charge in [-0.1, -0.05) is 54.1 Å². The Morgan fingerprint density at radius 3 is 2.41 bits per heavy atom. The van der Waals surface area contributed by atoms with Gasteiger partial charge >= 0.3 is 0 Å². The van der Waals surface area contributed by atoms with Crippen LogP contribution in [0.3, 0.4) is 0 Å². The van der Waals surface area contributed by atoms with Crippen LogP contribution in [0.5, 0.6) is 5.75 Å². The first-order valence-electron chi connectivity index (χ1n) is 11.3. The highest BCUT2D eigenvalue weighted by atomic mass is 35.5. The van der Waals surface area contributed by atoms with E-state index in [1.54, 1.807) is 24.5 Å². The van der Waals surface area contributed by atoms with Gasteiger partial charge in [0, 0.05) is 30.2 Å². The van der Waals surface area contributed by atoms with E-state index in [-0.39, 0.29) is 12.0 Å². The van der Waals surface area contributed by atoms with Crippen molar-refractivity contribution in [1.82, 2.24) is 9.55 Å². The summed E-state index contributed by atoms with van der Waals surface area (Å²) in [5.74, 6) is 0.815. The first kappa shape index (κ1) is 23.6. The van der Waals surface area contributed by atoms with Gasteiger partial charge in [0.15, 0.2) is 0 Å². The number of halogens is 1. The molecule has 0 saturated heterocycles. The Hall–Kier alpha value is -3.57. The number of ether oxygens (including phenoxy) is 1. The number of aryl methyl sites for hydroxylation is 1. The lowest BCUT2D eigenvalue weighted by atomic mass is 10.1. The van der Waals surface area contributed by atoms with E-state index in [0.717, 1.165) is 34.9 Å². The maximum absolute atomic E-state index is 12.7. The Bertz CT molecular complexity index is 1160. The van der Waals surface area contributed by atoms with E-state index >= 15 is 0 Å². The van der Waals surface area contributed by atoms with E-state index < -0.39 is 0 Å². The second-order valence-electron chi connectivity index (χ2n) is 8.27. The molecule has 4 aromatic rings. The average Bonchev–Trinajstić information content (AvgIpc) is 3.37. The number of nitrogens with zero attached hydrogens (tertiary/aromatic N) is 3. The molecule has 6 heteroatoms. The van der Waals surface area contributed by atoms with Gasteiger partial charge in [-0.25, -0.2) is 4.98 Å². The minimum Gasteiger partial charge on any atom is -0.489 e. The summed E-state index contributed by atoms with van der Waals surface area (Å²) in [6.45, 7) is 0.699. The van der Waals surface area contributed by atoms with Crippen LogP contribution in [-0.2, 0) is 24.2 Å². The Morgan fingerprint density at radius 1 is 1.00 bits per heavy atom. The van der Waals surface area contributed by atoms with Crippen LogP contribution < -0.4 is 9.64 Å². The van der Waals surface area contributed by atoms with Crippen molar-refractivity contribution in [3.63, 3.8) is 0 Å². The van der Waals surface area contributed by atoms with Gasteiger partial charge in [0.2, 0.25) is 5.91 Å². The molecule has 5 nitrogen and oxygen atoms in total.